The van der Waals surface area contributed by atoms with E-state index in [1.807, 2.05) is 7.05 Å². The Morgan fingerprint density at radius 2 is 1.83 bits per heavy atom. The fourth-order valence-electron chi connectivity index (χ4n) is 3.55. The molecular weight excluding hydrogens is 366 g/mol. The predicted molar refractivity (Wildman–Crippen MR) is 120 cm³/mol. The third-order valence-corrected chi connectivity index (χ3v) is 5.21. The first-order valence-corrected chi connectivity index (χ1v) is 10.7. The van der Waals surface area contributed by atoms with Crippen molar-refractivity contribution >= 4 is 5.96 Å². The van der Waals surface area contributed by atoms with Gasteiger partial charge in [-0.2, -0.15) is 0 Å². The third kappa shape index (κ3) is 9.12. The molecule has 1 aromatic carbocycles. The van der Waals surface area contributed by atoms with E-state index in [9.17, 15) is 0 Å². The first-order valence-electron chi connectivity index (χ1n) is 10.7. The van der Waals surface area contributed by atoms with Gasteiger partial charge in [-0.1, -0.05) is 30.3 Å². The molecule has 1 fully saturated rings. The van der Waals surface area contributed by atoms with Crippen molar-refractivity contribution in [2.45, 2.75) is 18.9 Å². The third-order valence-electron chi connectivity index (χ3n) is 5.21. The van der Waals surface area contributed by atoms with Crippen LogP contribution in [-0.4, -0.2) is 96.1 Å². The van der Waals surface area contributed by atoms with Gasteiger partial charge in [0.05, 0.1) is 13.2 Å². The second-order valence-electron chi connectivity index (χ2n) is 7.46. The van der Waals surface area contributed by atoms with Crippen LogP contribution in [0.15, 0.2) is 35.3 Å². The summed E-state index contributed by atoms with van der Waals surface area (Å²) >= 11 is 0. The highest BCUT2D eigenvalue weighted by molar-refractivity contribution is 5.79. The second kappa shape index (κ2) is 14.3. The van der Waals surface area contributed by atoms with Crippen LogP contribution in [0, 0.1) is 0 Å². The lowest BCUT2D eigenvalue weighted by atomic mass is 10.0. The van der Waals surface area contributed by atoms with E-state index < -0.39 is 0 Å². The van der Waals surface area contributed by atoms with E-state index in [1.54, 1.807) is 7.11 Å². The highest BCUT2D eigenvalue weighted by atomic mass is 16.5. The largest absolute Gasteiger partial charge is 0.382 e. The minimum Gasteiger partial charge on any atom is -0.382 e. The number of piperazine rings is 1. The molecule has 29 heavy (non-hydrogen) atoms. The van der Waals surface area contributed by atoms with Crippen LogP contribution in [0.5, 0.6) is 0 Å². The summed E-state index contributed by atoms with van der Waals surface area (Å²) in [5.74, 6) is 0.861. The van der Waals surface area contributed by atoms with Crippen LogP contribution in [-0.2, 0) is 9.47 Å². The molecule has 0 spiro atoms. The molecule has 0 radical (unpaired) electrons. The highest BCUT2D eigenvalue weighted by Crippen LogP contribution is 2.24. The predicted octanol–water partition coefficient (Wildman–Crippen LogP) is 1.58. The molecule has 7 heteroatoms. The smallest absolute Gasteiger partial charge is 0.190 e. The van der Waals surface area contributed by atoms with Crippen LogP contribution in [0.2, 0.25) is 0 Å². The van der Waals surface area contributed by atoms with E-state index in [-0.39, 0.29) is 0 Å². The fraction of sp³-hybridized carbons (Fsp3) is 0.682. The summed E-state index contributed by atoms with van der Waals surface area (Å²) in [4.78, 5) is 9.35. The van der Waals surface area contributed by atoms with Gasteiger partial charge in [0.15, 0.2) is 5.96 Å². The maximum absolute atomic E-state index is 5.48. The van der Waals surface area contributed by atoms with Crippen LogP contribution >= 0.6 is 0 Å². The van der Waals surface area contributed by atoms with Crippen molar-refractivity contribution in [1.82, 2.24) is 20.4 Å². The van der Waals surface area contributed by atoms with Crippen LogP contribution in [0.1, 0.15) is 24.4 Å². The summed E-state index contributed by atoms with van der Waals surface area (Å²) in [6, 6.07) is 11.4. The van der Waals surface area contributed by atoms with Gasteiger partial charge in [0.2, 0.25) is 0 Å². The molecule has 0 aliphatic carbocycles. The lowest BCUT2D eigenvalue weighted by Gasteiger charge is -2.40. The molecule has 0 amide bonds. The second-order valence-corrected chi connectivity index (χ2v) is 7.46. The van der Waals surface area contributed by atoms with Gasteiger partial charge in [-0.15, -0.1) is 0 Å². The molecule has 1 aliphatic rings. The molecular formula is C22H39N5O2. The summed E-state index contributed by atoms with van der Waals surface area (Å²) < 4.78 is 10.4. The average Bonchev–Trinajstić information content (AvgIpc) is 2.76. The Morgan fingerprint density at radius 1 is 1.07 bits per heavy atom. The number of hydrogen-bond acceptors (Lipinski definition) is 5. The summed E-state index contributed by atoms with van der Waals surface area (Å²) in [6.45, 7) is 8.22. The first kappa shape index (κ1) is 23.6. The number of hydrogen-bond donors (Lipinski definition) is 2. The molecule has 7 nitrogen and oxygen atoms in total. The van der Waals surface area contributed by atoms with Gasteiger partial charge in [-0.3, -0.25) is 9.89 Å². The number of likely N-dealkylation sites (N-methyl/N-ethyl adjacent to an activating group) is 1. The number of ether oxygens (including phenoxy) is 2. The monoisotopic (exact) mass is 405 g/mol. The Kier molecular flexibility index (Phi) is 11.7. The SMILES string of the molecule is CN=C(NCCCOCCOC)NCCCN1CCN(C)CC1c1ccccc1. The molecule has 1 heterocycles. The van der Waals surface area contributed by atoms with E-state index in [4.69, 9.17) is 9.47 Å². The molecule has 1 saturated heterocycles. The van der Waals surface area contributed by atoms with Gasteiger partial charge in [-0.05, 0) is 25.5 Å². The van der Waals surface area contributed by atoms with E-state index in [0.29, 0.717) is 19.3 Å². The number of nitrogens with one attached hydrogen (secondary N) is 2. The van der Waals surface area contributed by atoms with Crippen molar-refractivity contribution in [3.05, 3.63) is 35.9 Å². The van der Waals surface area contributed by atoms with E-state index in [1.165, 1.54) is 5.56 Å². The maximum atomic E-state index is 5.48. The van der Waals surface area contributed by atoms with Gasteiger partial charge >= 0.3 is 0 Å². The topological polar surface area (TPSA) is 61.4 Å². The van der Waals surface area contributed by atoms with Crippen LogP contribution < -0.4 is 10.6 Å². The van der Waals surface area contributed by atoms with Crippen molar-refractivity contribution in [3.63, 3.8) is 0 Å². The standard InChI is InChI=1S/C22H39N5O2/c1-23-22(25-12-8-16-29-18-17-28-3)24-11-7-13-27-15-14-26(2)19-21(27)20-9-5-4-6-10-20/h4-6,9-10,21H,7-8,11-19H2,1-3H3,(H2,23,24,25). The molecule has 2 N–H and O–H groups in total. The Balaban J connectivity index is 1.64. The van der Waals surface area contributed by atoms with Gasteiger partial charge in [0.25, 0.3) is 0 Å². The zero-order valence-electron chi connectivity index (χ0n) is 18.4. The van der Waals surface area contributed by atoms with Crippen molar-refractivity contribution < 1.29 is 9.47 Å². The molecule has 2 rings (SSSR count). The van der Waals surface area contributed by atoms with Crippen molar-refractivity contribution in [1.29, 1.82) is 0 Å². The number of rotatable bonds is 12. The van der Waals surface area contributed by atoms with Crippen LogP contribution in [0.4, 0.5) is 0 Å². The normalized spacial score (nSPS) is 18.7. The van der Waals surface area contributed by atoms with Crippen LogP contribution in [0.25, 0.3) is 0 Å². The van der Waals surface area contributed by atoms with Crippen molar-refractivity contribution in [2.24, 2.45) is 4.99 Å². The summed E-state index contributed by atoms with van der Waals surface area (Å²) in [6.07, 6.45) is 2.04. The molecule has 1 atom stereocenters. The number of methoxy groups -OCH3 is 1. The van der Waals surface area contributed by atoms with Crippen LogP contribution in [0.3, 0.4) is 0 Å². The molecule has 1 aliphatic heterocycles. The molecule has 0 bridgehead atoms. The van der Waals surface area contributed by atoms with E-state index >= 15 is 0 Å². The number of guanidine groups is 1. The minimum absolute atomic E-state index is 0.477. The van der Waals surface area contributed by atoms with E-state index in [2.05, 4.69) is 62.8 Å². The Hall–Kier alpha value is -1.67. The summed E-state index contributed by atoms with van der Waals surface area (Å²) in [5.41, 5.74) is 1.41. The lowest BCUT2D eigenvalue weighted by molar-refractivity contribution is 0.0698. The molecule has 164 valence electrons. The zero-order valence-corrected chi connectivity index (χ0v) is 18.4. The number of aliphatic imine (C=N–C) groups is 1. The number of nitrogens with zero attached hydrogens (tertiary/aromatic N) is 3. The zero-order chi connectivity index (χ0) is 20.7. The van der Waals surface area contributed by atoms with E-state index in [0.717, 1.165) is 64.7 Å². The molecule has 0 aromatic heterocycles. The summed E-state index contributed by atoms with van der Waals surface area (Å²) in [5, 5.41) is 6.77. The average molecular weight is 406 g/mol. The molecule has 1 aromatic rings. The minimum atomic E-state index is 0.477. The number of benzene rings is 1. The maximum Gasteiger partial charge on any atom is 0.190 e. The van der Waals surface area contributed by atoms with Gasteiger partial charge in [-0.25, -0.2) is 0 Å². The van der Waals surface area contributed by atoms with Crippen molar-refractivity contribution in [2.75, 3.05) is 80.3 Å². The highest BCUT2D eigenvalue weighted by Gasteiger charge is 2.25. The first-order chi connectivity index (χ1) is 14.2. The quantitative estimate of drug-likeness (QED) is 0.313. The Morgan fingerprint density at radius 3 is 2.55 bits per heavy atom. The molecule has 1 unspecified atom stereocenters. The molecule has 0 saturated carbocycles. The van der Waals surface area contributed by atoms with Gasteiger partial charge in [0.1, 0.15) is 0 Å². The Labute approximate surface area is 176 Å². The summed E-state index contributed by atoms with van der Waals surface area (Å²) in [7, 11) is 5.72. The fourth-order valence-corrected chi connectivity index (χ4v) is 3.55. The van der Waals surface area contributed by atoms with Crippen molar-refractivity contribution in [3.8, 4) is 0 Å². The van der Waals surface area contributed by atoms with Gasteiger partial charge < -0.3 is 25.0 Å². The lowest BCUT2D eigenvalue weighted by Crippen LogP contribution is -2.47. The Bertz CT molecular complexity index is 570. The van der Waals surface area contributed by atoms with Gasteiger partial charge in [0, 0.05) is 66.1 Å².